The largest absolute Gasteiger partial charge is 0.454 e. The number of quaternary nitrogens is 1. The summed E-state index contributed by atoms with van der Waals surface area (Å²) in [6.45, 7) is 4.83. The van der Waals surface area contributed by atoms with Crippen molar-refractivity contribution < 1.29 is 33.5 Å². The van der Waals surface area contributed by atoms with Gasteiger partial charge in [-0.2, -0.15) is 0 Å². The van der Waals surface area contributed by atoms with Gasteiger partial charge < -0.3 is 19.1 Å². The second kappa shape index (κ2) is 7.67. The van der Waals surface area contributed by atoms with Crippen LogP contribution in [0.2, 0.25) is 0 Å². The molecular formula is C19H24N3O6+. The molecule has 2 saturated heterocycles. The van der Waals surface area contributed by atoms with Gasteiger partial charge in [0.05, 0.1) is 45.8 Å². The molecule has 28 heavy (non-hydrogen) atoms. The van der Waals surface area contributed by atoms with Gasteiger partial charge in [0.1, 0.15) is 0 Å². The van der Waals surface area contributed by atoms with Crippen LogP contribution < -0.4 is 14.4 Å². The fraction of sp³-hybridized carbons (Fsp3) is 0.526. The van der Waals surface area contributed by atoms with Crippen molar-refractivity contribution in [1.82, 2.24) is 9.80 Å². The fourth-order valence-corrected chi connectivity index (χ4v) is 3.93. The number of rotatable bonds is 4. The molecule has 0 saturated carbocycles. The third-order valence-electron chi connectivity index (χ3n) is 5.45. The van der Waals surface area contributed by atoms with Crippen molar-refractivity contribution >= 4 is 17.9 Å². The molecule has 3 heterocycles. The first-order valence-corrected chi connectivity index (χ1v) is 9.56. The summed E-state index contributed by atoms with van der Waals surface area (Å²) in [5, 5.41) is 0. The van der Waals surface area contributed by atoms with Crippen molar-refractivity contribution in [3.63, 3.8) is 0 Å². The Hall–Kier alpha value is -2.81. The number of ether oxygens (including phenoxy) is 3. The van der Waals surface area contributed by atoms with E-state index in [-0.39, 0.29) is 43.7 Å². The van der Waals surface area contributed by atoms with Gasteiger partial charge in [-0.15, -0.1) is 0 Å². The molecule has 0 aromatic heterocycles. The lowest BCUT2D eigenvalue weighted by atomic mass is 10.1. The molecule has 3 amide bonds. The number of hydrogen-bond acceptors (Lipinski definition) is 6. The molecule has 9 nitrogen and oxygen atoms in total. The van der Waals surface area contributed by atoms with E-state index in [2.05, 4.69) is 0 Å². The highest BCUT2D eigenvalue weighted by molar-refractivity contribution is 6.04. The molecule has 4 rings (SSSR count). The molecule has 0 spiro atoms. The number of fused-ring (bicyclic) bond motifs is 1. The predicted molar refractivity (Wildman–Crippen MR) is 95.8 cm³/mol. The number of nitrogens with zero attached hydrogens (tertiary/aromatic N) is 2. The molecule has 1 aromatic carbocycles. The van der Waals surface area contributed by atoms with Crippen molar-refractivity contribution in [2.24, 2.45) is 0 Å². The van der Waals surface area contributed by atoms with Gasteiger partial charge in [-0.05, 0) is 24.6 Å². The summed E-state index contributed by atoms with van der Waals surface area (Å²) >= 11 is 0. The summed E-state index contributed by atoms with van der Waals surface area (Å²) in [5.41, 5.74) is 0.828. The third-order valence-corrected chi connectivity index (χ3v) is 5.45. The van der Waals surface area contributed by atoms with Crippen LogP contribution in [0.1, 0.15) is 18.9 Å². The zero-order valence-electron chi connectivity index (χ0n) is 15.8. The van der Waals surface area contributed by atoms with Crippen LogP contribution in [0.15, 0.2) is 18.2 Å². The zero-order valence-corrected chi connectivity index (χ0v) is 15.8. The third kappa shape index (κ3) is 3.49. The summed E-state index contributed by atoms with van der Waals surface area (Å²) in [6.07, 6.45) is -0.113. The number of imide groups is 1. The molecule has 0 bridgehead atoms. The first-order valence-electron chi connectivity index (χ1n) is 9.56. The van der Waals surface area contributed by atoms with Crippen molar-refractivity contribution in [2.45, 2.75) is 25.9 Å². The highest BCUT2D eigenvalue weighted by Gasteiger charge is 2.46. The molecule has 1 N–H and O–H groups in total. The highest BCUT2D eigenvalue weighted by Crippen LogP contribution is 2.33. The lowest BCUT2D eigenvalue weighted by Gasteiger charge is -2.33. The van der Waals surface area contributed by atoms with Gasteiger partial charge in [-0.3, -0.25) is 19.4 Å². The number of benzene rings is 1. The lowest BCUT2D eigenvalue weighted by Crippen LogP contribution is -3.19. The summed E-state index contributed by atoms with van der Waals surface area (Å²) in [5.74, 6) is 0.994. The van der Waals surface area contributed by atoms with Crippen molar-refractivity contribution in [3.8, 4) is 11.5 Å². The Morgan fingerprint density at radius 3 is 2.71 bits per heavy atom. The maximum Gasteiger partial charge on any atom is 0.410 e. The van der Waals surface area contributed by atoms with Gasteiger partial charge in [0, 0.05) is 0 Å². The summed E-state index contributed by atoms with van der Waals surface area (Å²) in [4.78, 5) is 41.2. The molecule has 150 valence electrons. The Bertz CT molecular complexity index is 790. The molecule has 3 aliphatic heterocycles. The SMILES string of the molecule is CCOC(=O)N1CC[NH+]([C@@H]2CC(=O)N(Cc3ccc4c(c3)OCO4)C2=O)CC1. The zero-order chi connectivity index (χ0) is 19.7. The van der Waals surface area contributed by atoms with Gasteiger partial charge in [0.25, 0.3) is 5.91 Å². The van der Waals surface area contributed by atoms with Crippen LogP contribution in [-0.2, 0) is 20.9 Å². The summed E-state index contributed by atoms with van der Waals surface area (Å²) < 4.78 is 15.7. The molecule has 0 unspecified atom stereocenters. The second-order valence-electron chi connectivity index (χ2n) is 7.11. The fourth-order valence-electron chi connectivity index (χ4n) is 3.93. The van der Waals surface area contributed by atoms with Crippen LogP contribution in [-0.4, -0.2) is 73.3 Å². The molecule has 0 radical (unpaired) electrons. The average Bonchev–Trinajstić information content (AvgIpc) is 3.27. The quantitative estimate of drug-likeness (QED) is 0.691. The minimum absolute atomic E-state index is 0.151. The first kappa shape index (κ1) is 18.5. The smallest absolute Gasteiger partial charge is 0.410 e. The van der Waals surface area contributed by atoms with Crippen molar-refractivity contribution in [1.29, 1.82) is 0 Å². The number of hydrogen-bond donors (Lipinski definition) is 1. The van der Waals surface area contributed by atoms with Gasteiger partial charge in [0.2, 0.25) is 12.7 Å². The van der Waals surface area contributed by atoms with Gasteiger partial charge in [-0.1, -0.05) is 6.07 Å². The maximum atomic E-state index is 12.9. The lowest BCUT2D eigenvalue weighted by molar-refractivity contribution is -0.918. The van der Waals surface area contributed by atoms with Crippen molar-refractivity contribution in [2.75, 3.05) is 39.6 Å². The van der Waals surface area contributed by atoms with Crippen LogP contribution in [0, 0.1) is 0 Å². The minimum atomic E-state index is -0.383. The number of nitrogens with one attached hydrogen (secondary N) is 1. The maximum absolute atomic E-state index is 12.9. The number of carbonyl (C=O) groups is 3. The van der Waals surface area contributed by atoms with E-state index in [0.717, 1.165) is 10.5 Å². The highest BCUT2D eigenvalue weighted by atomic mass is 16.7. The topological polar surface area (TPSA) is 89.8 Å². The number of carbonyl (C=O) groups excluding carboxylic acids is 3. The summed E-state index contributed by atoms with van der Waals surface area (Å²) in [7, 11) is 0. The molecule has 3 aliphatic rings. The number of amides is 3. The first-order chi connectivity index (χ1) is 13.6. The molecule has 9 heteroatoms. The summed E-state index contributed by atoms with van der Waals surface area (Å²) in [6, 6.07) is 5.05. The normalized spacial score (nSPS) is 22.1. The molecule has 0 aliphatic carbocycles. The van der Waals surface area contributed by atoms with E-state index in [0.29, 0.717) is 44.3 Å². The Morgan fingerprint density at radius 1 is 1.21 bits per heavy atom. The van der Waals surface area contributed by atoms with Crippen LogP contribution in [0.3, 0.4) is 0 Å². The Labute approximate surface area is 162 Å². The standard InChI is InChI=1S/C19H23N3O6/c1-2-26-19(25)21-7-5-20(6-8-21)14-10-17(23)22(18(14)24)11-13-3-4-15-16(9-13)28-12-27-15/h3-4,9,14H,2,5-8,10-12H2,1H3/p+1/t14-/m1/s1. The van der Waals surface area contributed by atoms with E-state index >= 15 is 0 Å². The molecular weight excluding hydrogens is 366 g/mol. The van der Waals surface area contributed by atoms with Crippen LogP contribution in [0.4, 0.5) is 4.79 Å². The van der Waals surface area contributed by atoms with E-state index < -0.39 is 0 Å². The minimum Gasteiger partial charge on any atom is -0.454 e. The van der Waals surface area contributed by atoms with Gasteiger partial charge in [0.15, 0.2) is 17.5 Å². The second-order valence-corrected chi connectivity index (χ2v) is 7.11. The van der Waals surface area contributed by atoms with E-state index in [1.165, 1.54) is 4.90 Å². The predicted octanol–water partition coefficient (Wildman–Crippen LogP) is -0.600. The van der Waals surface area contributed by atoms with Gasteiger partial charge in [-0.25, -0.2) is 4.79 Å². The van der Waals surface area contributed by atoms with E-state index in [1.54, 1.807) is 24.0 Å². The van der Waals surface area contributed by atoms with E-state index in [1.807, 2.05) is 6.07 Å². The van der Waals surface area contributed by atoms with Crippen LogP contribution >= 0.6 is 0 Å². The Balaban J connectivity index is 1.37. The van der Waals surface area contributed by atoms with Crippen LogP contribution in [0.5, 0.6) is 11.5 Å². The van der Waals surface area contributed by atoms with E-state index in [4.69, 9.17) is 14.2 Å². The average molecular weight is 390 g/mol. The van der Waals surface area contributed by atoms with E-state index in [9.17, 15) is 14.4 Å². The Morgan fingerprint density at radius 2 is 1.96 bits per heavy atom. The molecule has 1 aromatic rings. The number of likely N-dealkylation sites (tertiary alicyclic amines) is 1. The van der Waals surface area contributed by atoms with Gasteiger partial charge >= 0.3 is 6.09 Å². The van der Waals surface area contributed by atoms with Crippen molar-refractivity contribution in [3.05, 3.63) is 23.8 Å². The van der Waals surface area contributed by atoms with Crippen LogP contribution in [0.25, 0.3) is 0 Å². The monoisotopic (exact) mass is 390 g/mol. The molecule has 1 atom stereocenters. The number of piperazine rings is 1. The Kier molecular flexibility index (Phi) is 5.08. The molecule has 2 fully saturated rings.